The molecule has 0 aliphatic carbocycles. The lowest BCUT2D eigenvalue weighted by Crippen LogP contribution is -2.31. The molecule has 78 valence electrons. The third-order valence-electron chi connectivity index (χ3n) is 1.99. The van der Waals surface area contributed by atoms with Crippen LogP contribution >= 0.6 is 11.8 Å². The fraction of sp³-hybridized carbons (Fsp3) is 0.556. The highest BCUT2D eigenvalue weighted by Crippen LogP contribution is 2.13. The van der Waals surface area contributed by atoms with E-state index in [9.17, 15) is 0 Å². The zero-order chi connectivity index (χ0) is 10.4. The zero-order valence-corrected chi connectivity index (χ0v) is 9.16. The molecule has 0 bridgehead atoms. The van der Waals surface area contributed by atoms with Gasteiger partial charge in [-0.25, -0.2) is 0 Å². The maximum atomic E-state index is 9.08. The minimum absolute atomic E-state index is 0.162. The van der Waals surface area contributed by atoms with Gasteiger partial charge in [-0.2, -0.15) is 16.9 Å². The zero-order valence-electron chi connectivity index (χ0n) is 8.34. The second-order valence-corrected chi connectivity index (χ2v) is 4.08. The van der Waals surface area contributed by atoms with Gasteiger partial charge in [0.15, 0.2) is 0 Å². The van der Waals surface area contributed by atoms with E-state index in [1.54, 1.807) is 18.0 Å². The van der Waals surface area contributed by atoms with E-state index in [2.05, 4.69) is 15.5 Å². The molecule has 4 nitrogen and oxygen atoms in total. The first-order chi connectivity index (χ1) is 6.77. The maximum Gasteiger partial charge on any atom is 0.148 e. The van der Waals surface area contributed by atoms with Gasteiger partial charge in [-0.3, -0.25) is 0 Å². The van der Waals surface area contributed by atoms with Crippen LogP contribution in [0.3, 0.4) is 0 Å². The fourth-order valence-electron chi connectivity index (χ4n) is 1.14. The van der Waals surface area contributed by atoms with Crippen LogP contribution in [0.25, 0.3) is 0 Å². The van der Waals surface area contributed by atoms with E-state index < -0.39 is 0 Å². The summed E-state index contributed by atoms with van der Waals surface area (Å²) in [6.07, 6.45) is 3.61. The van der Waals surface area contributed by atoms with Crippen molar-refractivity contribution in [3.63, 3.8) is 0 Å². The Labute approximate surface area is 88.1 Å². The molecule has 0 saturated heterocycles. The summed E-state index contributed by atoms with van der Waals surface area (Å²) in [5.41, 5.74) is 0. The minimum Gasteiger partial charge on any atom is -0.395 e. The largest absolute Gasteiger partial charge is 0.395 e. The van der Waals surface area contributed by atoms with Crippen molar-refractivity contribution in [2.24, 2.45) is 0 Å². The van der Waals surface area contributed by atoms with Gasteiger partial charge in [-0.15, -0.1) is 5.10 Å². The minimum atomic E-state index is 0.162. The molecule has 0 spiro atoms. The predicted molar refractivity (Wildman–Crippen MR) is 59.5 cm³/mol. The fourth-order valence-corrected chi connectivity index (χ4v) is 1.77. The summed E-state index contributed by atoms with van der Waals surface area (Å²) in [7, 11) is 0. The summed E-state index contributed by atoms with van der Waals surface area (Å²) in [4.78, 5) is 0. The molecular weight excluding hydrogens is 198 g/mol. The van der Waals surface area contributed by atoms with Crippen molar-refractivity contribution in [3.05, 3.63) is 18.3 Å². The topological polar surface area (TPSA) is 58.0 Å². The smallest absolute Gasteiger partial charge is 0.148 e. The molecule has 0 aliphatic rings. The van der Waals surface area contributed by atoms with Crippen molar-refractivity contribution in [1.29, 1.82) is 0 Å². The van der Waals surface area contributed by atoms with E-state index in [1.807, 2.05) is 25.3 Å². The summed E-state index contributed by atoms with van der Waals surface area (Å²) in [5, 5.41) is 20.1. The molecule has 2 atom stereocenters. The van der Waals surface area contributed by atoms with Gasteiger partial charge in [0.2, 0.25) is 0 Å². The Morgan fingerprint density at radius 2 is 2.43 bits per heavy atom. The quantitative estimate of drug-likeness (QED) is 0.764. The van der Waals surface area contributed by atoms with Gasteiger partial charge in [0.25, 0.3) is 0 Å². The van der Waals surface area contributed by atoms with Crippen molar-refractivity contribution < 1.29 is 5.11 Å². The number of aromatic nitrogens is 2. The SMILES string of the molecule is CSC(CO)C(C)Nc1cccnn1. The van der Waals surface area contributed by atoms with E-state index in [4.69, 9.17) is 5.11 Å². The standard InChI is InChI=1S/C9H15N3OS/c1-7(8(6-13)14-2)11-9-4-3-5-10-12-9/h3-5,7-8,13H,6H2,1-2H3,(H,11,12). The van der Waals surface area contributed by atoms with Crippen molar-refractivity contribution in [2.75, 3.05) is 18.2 Å². The molecule has 0 aromatic carbocycles. The van der Waals surface area contributed by atoms with Gasteiger partial charge in [-0.05, 0) is 25.3 Å². The third kappa shape index (κ3) is 3.16. The van der Waals surface area contributed by atoms with Gasteiger partial charge in [-0.1, -0.05) is 0 Å². The Balaban J connectivity index is 2.52. The lowest BCUT2D eigenvalue weighted by atomic mass is 10.2. The van der Waals surface area contributed by atoms with E-state index in [0.29, 0.717) is 0 Å². The maximum absolute atomic E-state index is 9.08. The Kier molecular flexibility index (Phi) is 4.69. The normalized spacial score (nSPS) is 14.8. The number of aliphatic hydroxyl groups is 1. The number of rotatable bonds is 5. The summed E-state index contributed by atoms with van der Waals surface area (Å²) >= 11 is 1.64. The lowest BCUT2D eigenvalue weighted by molar-refractivity contribution is 0.288. The number of aliphatic hydroxyl groups excluding tert-OH is 1. The Morgan fingerprint density at radius 3 is 2.93 bits per heavy atom. The van der Waals surface area contributed by atoms with Crippen LogP contribution in [0.2, 0.25) is 0 Å². The van der Waals surface area contributed by atoms with Gasteiger partial charge in [0.1, 0.15) is 5.82 Å². The second-order valence-electron chi connectivity index (χ2n) is 3.00. The lowest BCUT2D eigenvalue weighted by Gasteiger charge is -2.21. The molecule has 0 fully saturated rings. The molecule has 1 aromatic rings. The summed E-state index contributed by atoms with van der Waals surface area (Å²) in [6, 6.07) is 3.86. The molecule has 0 amide bonds. The van der Waals surface area contributed by atoms with Gasteiger partial charge >= 0.3 is 0 Å². The number of nitrogens with zero attached hydrogens (tertiary/aromatic N) is 2. The average Bonchev–Trinajstić information content (AvgIpc) is 2.21. The van der Waals surface area contributed by atoms with Crippen LogP contribution in [0.15, 0.2) is 18.3 Å². The Hall–Kier alpha value is -0.810. The van der Waals surface area contributed by atoms with Crippen LogP contribution in [0, 0.1) is 0 Å². The van der Waals surface area contributed by atoms with Crippen molar-refractivity contribution in [1.82, 2.24) is 10.2 Å². The first kappa shape index (κ1) is 11.3. The monoisotopic (exact) mass is 213 g/mol. The molecule has 0 aliphatic heterocycles. The number of thioether (sulfide) groups is 1. The first-order valence-electron chi connectivity index (χ1n) is 4.45. The molecule has 1 rings (SSSR count). The van der Waals surface area contributed by atoms with Gasteiger partial charge in [0.05, 0.1) is 6.61 Å². The Bertz CT molecular complexity index is 253. The molecule has 2 N–H and O–H groups in total. The van der Waals surface area contributed by atoms with E-state index in [1.165, 1.54) is 0 Å². The molecule has 14 heavy (non-hydrogen) atoms. The predicted octanol–water partition coefficient (Wildman–Crippen LogP) is 1.00. The van der Waals surface area contributed by atoms with Crippen molar-refractivity contribution in [3.8, 4) is 0 Å². The molecule has 5 heteroatoms. The van der Waals surface area contributed by atoms with Crippen LogP contribution in [-0.4, -0.2) is 39.5 Å². The molecule has 2 unspecified atom stereocenters. The number of hydrogen-bond donors (Lipinski definition) is 2. The highest BCUT2D eigenvalue weighted by Gasteiger charge is 2.14. The first-order valence-corrected chi connectivity index (χ1v) is 5.74. The van der Waals surface area contributed by atoms with Crippen molar-refractivity contribution >= 4 is 17.6 Å². The molecule has 1 aromatic heterocycles. The number of anilines is 1. The van der Waals surface area contributed by atoms with E-state index in [0.717, 1.165) is 5.82 Å². The summed E-state index contributed by atoms with van der Waals surface area (Å²) in [5.74, 6) is 0.743. The molecule has 0 radical (unpaired) electrons. The van der Waals surface area contributed by atoms with E-state index >= 15 is 0 Å². The van der Waals surface area contributed by atoms with Crippen LogP contribution < -0.4 is 5.32 Å². The summed E-state index contributed by atoms with van der Waals surface area (Å²) < 4.78 is 0. The summed E-state index contributed by atoms with van der Waals surface area (Å²) in [6.45, 7) is 2.18. The second kappa shape index (κ2) is 5.82. The molecule has 0 saturated carbocycles. The highest BCUT2D eigenvalue weighted by molar-refractivity contribution is 7.99. The molecular formula is C9H15N3OS. The van der Waals surface area contributed by atoms with Crippen LogP contribution in [0.4, 0.5) is 5.82 Å². The van der Waals surface area contributed by atoms with Gasteiger partial charge in [0, 0.05) is 17.5 Å². The average molecular weight is 213 g/mol. The highest BCUT2D eigenvalue weighted by atomic mass is 32.2. The van der Waals surface area contributed by atoms with Crippen molar-refractivity contribution in [2.45, 2.75) is 18.2 Å². The van der Waals surface area contributed by atoms with Crippen LogP contribution in [0.1, 0.15) is 6.92 Å². The Morgan fingerprint density at radius 1 is 1.64 bits per heavy atom. The number of hydrogen-bond acceptors (Lipinski definition) is 5. The number of nitrogens with one attached hydrogen (secondary N) is 1. The third-order valence-corrected chi connectivity index (χ3v) is 3.15. The van der Waals surface area contributed by atoms with Gasteiger partial charge < -0.3 is 10.4 Å². The van der Waals surface area contributed by atoms with Crippen LogP contribution in [0.5, 0.6) is 0 Å². The molecule has 1 heterocycles. The van der Waals surface area contributed by atoms with E-state index in [-0.39, 0.29) is 17.9 Å². The van der Waals surface area contributed by atoms with Crippen LogP contribution in [-0.2, 0) is 0 Å².